The first-order valence-corrected chi connectivity index (χ1v) is 8.22. The van der Waals surface area contributed by atoms with Crippen LogP contribution in [0.5, 0.6) is 0 Å². The second-order valence-electron chi connectivity index (χ2n) is 5.50. The van der Waals surface area contributed by atoms with E-state index < -0.39 is 0 Å². The van der Waals surface area contributed by atoms with E-state index >= 15 is 0 Å². The van der Waals surface area contributed by atoms with Crippen molar-refractivity contribution in [2.75, 3.05) is 5.32 Å². The monoisotopic (exact) mass is 350 g/mol. The summed E-state index contributed by atoms with van der Waals surface area (Å²) in [5.41, 5.74) is 1.06. The van der Waals surface area contributed by atoms with E-state index in [1.165, 1.54) is 25.2 Å². The van der Waals surface area contributed by atoms with Gasteiger partial charge in [-0.1, -0.05) is 36.0 Å². The van der Waals surface area contributed by atoms with E-state index in [0.29, 0.717) is 21.6 Å². The molecule has 1 saturated carbocycles. The maximum absolute atomic E-state index is 12.1. The fourth-order valence-electron chi connectivity index (χ4n) is 2.56. The van der Waals surface area contributed by atoms with Gasteiger partial charge in [0, 0.05) is 11.7 Å². The minimum atomic E-state index is -0.175. The first-order chi connectivity index (χ1) is 11.1. The molecule has 7 heteroatoms. The number of carbonyl (C=O) groups is 1. The zero-order valence-electron chi connectivity index (χ0n) is 12.4. The topological polar surface area (TPSA) is 66.9 Å². The van der Waals surface area contributed by atoms with Crippen molar-refractivity contribution in [2.24, 2.45) is 0 Å². The van der Waals surface area contributed by atoms with Gasteiger partial charge in [0.15, 0.2) is 0 Å². The van der Waals surface area contributed by atoms with Crippen LogP contribution in [0.1, 0.15) is 36.2 Å². The van der Waals surface area contributed by atoms with Gasteiger partial charge in [0.2, 0.25) is 0 Å². The van der Waals surface area contributed by atoms with Gasteiger partial charge in [0.05, 0.1) is 22.4 Å². The van der Waals surface area contributed by atoms with E-state index in [2.05, 4.69) is 20.6 Å². The molecule has 0 saturated heterocycles. The summed E-state index contributed by atoms with van der Waals surface area (Å²) in [4.78, 5) is 20.5. The Kier molecular flexibility index (Phi) is 4.98. The molecule has 2 aromatic rings. The number of rotatable bonds is 4. The fourth-order valence-corrected chi connectivity index (χ4v) is 2.86. The smallest absolute Gasteiger partial charge is 0.271 e. The average molecular weight is 351 g/mol. The number of anilines is 2. The number of carbonyl (C=O) groups excluding carboxylic acids is 1. The molecule has 1 aromatic carbocycles. The van der Waals surface area contributed by atoms with Crippen LogP contribution in [0, 0.1) is 0 Å². The van der Waals surface area contributed by atoms with E-state index in [9.17, 15) is 4.79 Å². The lowest BCUT2D eigenvalue weighted by Crippen LogP contribution is -2.33. The Labute approximate surface area is 144 Å². The first kappa shape index (κ1) is 16.0. The molecule has 1 aliphatic rings. The maximum atomic E-state index is 12.1. The summed E-state index contributed by atoms with van der Waals surface area (Å²) in [5.74, 6) is 0.353. The molecule has 1 aliphatic carbocycles. The third-order valence-electron chi connectivity index (χ3n) is 3.77. The van der Waals surface area contributed by atoms with Crippen molar-refractivity contribution >= 4 is 40.6 Å². The highest BCUT2D eigenvalue weighted by Crippen LogP contribution is 2.26. The van der Waals surface area contributed by atoms with Crippen molar-refractivity contribution in [2.45, 2.75) is 31.7 Å². The lowest BCUT2D eigenvalue weighted by molar-refractivity contribution is 0.0932. The van der Waals surface area contributed by atoms with Gasteiger partial charge in [-0.2, -0.15) is 0 Å². The molecule has 3 rings (SSSR count). The summed E-state index contributed by atoms with van der Waals surface area (Å²) in [6.07, 6.45) is 7.40. The summed E-state index contributed by atoms with van der Waals surface area (Å²) in [5, 5.41) is 6.99. The standard InChI is InChI=1S/C16H16Cl2N4O/c17-12-6-5-11(7-13(12)18)21-15-9-19-14(8-20-15)16(23)22-10-3-1-2-4-10/h5-10H,1-4H2,(H,20,21)(H,22,23). The molecular weight excluding hydrogens is 335 g/mol. The Hall–Kier alpha value is -1.85. The molecule has 0 spiro atoms. The van der Waals surface area contributed by atoms with Crippen molar-refractivity contribution in [1.29, 1.82) is 0 Å². The van der Waals surface area contributed by atoms with Crippen LogP contribution in [-0.4, -0.2) is 21.9 Å². The summed E-state index contributed by atoms with van der Waals surface area (Å²) >= 11 is 11.8. The second-order valence-corrected chi connectivity index (χ2v) is 6.31. The largest absolute Gasteiger partial charge is 0.348 e. The van der Waals surface area contributed by atoms with Gasteiger partial charge in [0.1, 0.15) is 11.5 Å². The van der Waals surface area contributed by atoms with E-state index in [1.54, 1.807) is 18.2 Å². The lowest BCUT2D eigenvalue weighted by atomic mass is 10.2. The summed E-state index contributed by atoms with van der Waals surface area (Å²) in [7, 11) is 0. The minimum Gasteiger partial charge on any atom is -0.348 e. The van der Waals surface area contributed by atoms with Gasteiger partial charge in [-0.3, -0.25) is 4.79 Å². The van der Waals surface area contributed by atoms with Crippen LogP contribution < -0.4 is 10.6 Å². The second kappa shape index (κ2) is 7.15. The van der Waals surface area contributed by atoms with Crippen molar-refractivity contribution in [3.63, 3.8) is 0 Å². The fraction of sp³-hybridized carbons (Fsp3) is 0.312. The summed E-state index contributed by atoms with van der Waals surface area (Å²) < 4.78 is 0. The number of aromatic nitrogens is 2. The third kappa shape index (κ3) is 4.12. The molecule has 0 radical (unpaired) electrons. The van der Waals surface area contributed by atoms with Gasteiger partial charge in [-0.05, 0) is 31.0 Å². The quantitative estimate of drug-likeness (QED) is 0.866. The first-order valence-electron chi connectivity index (χ1n) is 7.47. The lowest BCUT2D eigenvalue weighted by Gasteiger charge is -2.11. The number of halogens is 2. The van der Waals surface area contributed by atoms with Gasteiger partial charge >= 0.3 is 0 Å². The Balaban J connectivity index is 1.64. The summed E-state index contributed by atoms with van der Waals surface area (Å²) in [6, 6.07) is 5.45. The zero-order valence-corrected chi connectivity index (χ0v) is 13.9. The van der Waals surface area contributed by atoms with E-state index in [1.807, 2.05) is 0 Å². The van der Waals surface area contributed by atoms with Crippen LogP contribution in [-0.2, 0) is 0 Å². The molecule has 2 N–H and O–H groups in total. The molecule has 5 nitrogen and oxygen atoms in total. The molecular formula is C16H16Cl2N4O. The maximum Gasteiger partial charge on any atom is 0.271 e. The van der Waals surface area contributed by atoms with Crippen LogP contribution in [0.25, 0.3) is 0 Å². The molecule has 1 amide bonds. The number of amides is 1. The average Bonchev–Trinajstić information content (AvgIpc) is 3.04. The van der Waals surface area contributed by atoms with Crippen molar-refractivity contribution in [3.05, 3.63) is 46.3 Å². The highest BCUT2D eigenvalue weighted by Gasteiger charge is 2.18. The minimum absolute atomic E-state index is 0.175. The van der Waals surface area contributed by atoms with Crippen molar-refractivity contribution < 1.29 is 4.79 Å². The van der Waals surface area contributed by atoms with Crippen LogP contribution in [0.4, 0.5) is 11.5 Å². The molecule has 120 valence electrons. The number of hydrogen-bond donors (Lipinski definition) is 2. The van der Waals surface area contributed by atoms with Crippen LogP contribution in [0.3, 0.4) is 0 Å². The van der Waals surface area contributed by atoms with Gasteiger partial charge in [-0.15, -0.1) is 0 Å². The van der Waals surface area contributed by atoms with Gasteiger partial charge in [0.25, 0.3) is 5.91 Å². The highest BCUT2D eigenvalue weighted by molar-refractivity contribution is 6.42. The third-order valence-corrected chi connectivity index (χ3v) is 4.51. The van der Waals surface area contributed by atoms with E-state index in [-0.39, 0.29) is 11.9 Å². The van der Waals surface area contributed by atoms with Crippen molar-refractivity contribution in [3.8, 4) is 0 Å². The molecule has 0 bridgehead atoms. The zero-order chi connectivity index (χ0) is 16.2. The Morgan fingerprint density at radius 1 is 1.09 bits per heavy atom. The van der Waals surface area contributed by atoms with Crippen LogP contribution in [0.15, 0.2) is 30.6 Å². The van der Waals surface area contributed by atoms with Crippen LogP contribution >= 0.6 is 23.2 Å². The number of nitrogens with zero attached hydrogens (tertiary/aromatic N) is 2. The van der Waals surface area contributed by atoms with Crippen LogP contribution in [0.2, 0.25) is 10.0 Å². The van der Waals surface area contributed by atoms with E-state index in [0.717, 1.165) is 18.5 Å². The molecule has 0 unspecified atom stereocenters. The molecule has 0 aliphatic heterocycles. The number of nitrogens with one attached hydrogen (secondary N) is 2. The predicted molar refractivity (Wildman–Crippen MR) is 91.5 cm³/mol. The summed E-state index contributed by atoms with van der Waals surface area (Å²) in [6.45, 7) is 0. The van der Waals surface area contributed by atoms with Crippen molar-refractivity contribution in [1.82, 2.24) is 15.3 Å². The number of benzene rings is 1. The Morgan fingerprint density at radius 2 is 1.87 bits per heavy atom. The highest BCUT2D eigenvalue weighted by atomic mass is 35.5. The molecule has 0 atom stereocenters. The predicted octanol–water partition coefficient (Wildman–Crippen LogP) is 4.20. The number of hydrogen-bond acceptors (Lipinski definition) is 4. The molecule has 23 heavy (non-hydrogen) atoms. The molecule has 1 heterocycles. The molecule has 1 fully saturated rings. The van der Waals surface area contributed by atoms with E-state index in [4.69, 9.17) is 23.2 Å². The molecule has 1 aromatic heterocycles. The van der Waals surface area contributed by atoms with Gasteiger partial charge < -0.3 is 10.6 Å². The van der Waals surface area contributed by atoms with Gasteiger partial charge in [-0.25, -0.2) is 9.97 Å². The SMILES string of the molecule is O=C(NC1CCCC1)c1cnc(Nc2ccc(Cl)c(Cl)c2)cn1. The Morgan fingerprint density at radius 3 is 2.52 bits per heavy atom. The normalized spacial score (nSPS) is 14.7. The Bertz CT molecular complexity index is 700.